The van der Waals surface area contributed by atoms with Gasteiger partial charge in [0, 0.05) is 22.6 Å². The molecule has 6 rings (SSSR count). The monoisotopic (exact) mass is 422 g/mol. The van der Waals surface area contributed by atoms with E-state index in [4.69, 9.17) is 19.2 Å². The molecule has 0 amide bonds. The van der Waals surface area contributed by atoms with Gasteiger partial charge in [0.05, 0.1) is 35.6 Å². The fraction of sp³-hybridized carbons (Fsp3) is 0.318. The summed E-state index contributed by atoms with van der Waals surface area (Å²) in [6.07, 6.45) is 0.0745. The summed E-state index contributed by atoms with van der Waals surface area (Å²) in [4.78, 5) is 30.3. The predicted molar refractivity (Wildman–Crippen MR) is 107 cm³/mol. The van der Waals surface area contributed by atoms with E-state index in [-0.39, 0.29) is 49.7 Å². The maximum Gasteiger partial charge on any atom is 0.343 e. The minimum atomic E-state index is -1.88. The lowest BCUT2D eigenvalue weighted by Gasteiger charge is -2.31. The van der Waals surface area contributed by atoms with Gasteiger partial charge in [0.15, 0.2) is 17.1 Å². The van der Waals surface area contributed by atoms with Crippen LogP contribution < -0.4 is 15.0 Å². The highest BCUT2D eigenvalue weighted by Gasteiger charge is 2.45. The molecule has 2 N–H and O–H groups in total. The molecule has 0 bridgehead atoms. The maximum absolute atomic E-state index is 13.3. The molecule has 2 aromatic heterocycles. The maximum atomic E-state index is 13.3. The molecule has 3 aliphatic rings. The highest BCUT2D eigenvalue weighted by atomic mass is 16.7. The highest BCUT2D eigenvalue weighted by Crippen LogP contribution is 2.43. The number of cyclic esters (lactones) is 1. The van der Waals surface area contributed by atoms with Gasteiger partial charge < -0.3 is 29.0 Å². The Bertz CT molecular complexity index is 1380. The lowest BCUT2D eigenvalue weighted by atomic mass is 9.86. The van der Waals surface area contributed by atoms with Gasteiger partial charge >= 0.3 is 5.97 Å². The van der Waals surface area contributed by atoms with Gasteiger partial charge in [0.2, 0.25) is 6.79 Å². The van der Waals surface area contributed by atoms with Crippen LogP contribution in [0.5, 0.6) is 11.5 Å². The number of aromatic nitrogens is 2. The van der Waals surface area contributed by atoms with Gasteiger partial charge in [-0.15, -0.1) is 0 Å². The number of benzene rings is 1. The fourth-order valence-corrected chi connectivity index (χ4v) is 4.73. The Morgan fingerprint density at radius 3 is 2.65 bits per heavy atom. The largest absolute Gasteiger partial charge is 0.458 e. The van der Waals surface area contributed by atoms with Gasteiger partial charge in [-0.3, -0.25) is 4.79 Å². The van der Waals surface area contributed by atoms with Crippen LogP contribution in [0, 0.1) is 0 Å². The number of rotatable bonds is 2. The van der Waals surface area contributed by atoms with Crippen LogP contribution in [0.25, 0.3) is 22.3 Å². The Balaban J connectivity index is 1.65. The third-order valence-corrected chi connectivity index (χ3v) is 6.46. The number of hydrogen-bond donors (Lipinski definition) is 2. The number of aliphatic hydroxyl groups is 2. The van der Waals surface area contributed by atoms with Crippen molar-refractivity contribution in [3.8, 4) is 22.9 Å². The van der Waals surface area contributed by atoms with Gasteiger partial charge in [-0.2, -0.15) is 0 Å². The first kappa shape index (κ1) is 18.3. The third kappa shape index (κ3) is 2.24. The Morgan fingerprint density at radius 1 is 1.13 bits per heavy atom. The first-order valence-electron chi connectivity index (χ1n) is 9.99. The van der Waals surface area contributed by atoms with E-state index in [0.29, 0.717) is 34.0 Å². The van der Waals surface area contributed by atoms with Crippen molar-refractivity contribution in [3.63, 3.8) is 0 Å². The van der Waals surface area contributed by atoms with Crippen molar-refractivity contribution in [3.05, 3.63) is 50.8 Å². The van der Waals surface area contributed by atoms with Crippen LogP contribution in [0.4, 0.5) is 0 Å². The molecule has 1 unspecified atom stereocenters. The first-order valence-corrected chi connectivity index (χ1v) is 9.99. The third-order valence-electron chi connectivity index (χ3n) is 6.46. The van der Waals surface area contributed by atoms with Crippen LogP contribution in [-0.2, 0) is 34.9 Å². The minimum absolute atomic E-state index is 0.0745. The molecule has 31 heavy (non-hydrogen) atoms. The molecule has 0 saturated heterocycles. The smallest absolute Gasteiger partial charge is 0.343 e. The summed E-state index contributed by atoms with van der Waals surface area (Å²) in [5, 5.41) is 21.9. The van der Waals surface area contributed by atoms with Crippen molar-refractivity contribution >= 4 is 16.9 Å². The molecule has 0 saturated carbocycles. The van der Waals surface area contributed by atoms with Crippen molar-refractivity contribution in [1.29, 1.82) is 0 Å². The molecule has 1 aromatic carbocycles. The number of carbonyl (C=O) groups excluding carboxylic acids is 1. The number of fused-ring (bicyclic) bond motifs is 6. The Hall–Kier alpha value is -3.43. The summed E-state index contributed by atoms with van der Waals surface area (Å²) >= 11 is 0. The van der Waals surface area contributed by atoms with Gasteiger partial charge in [0.1, 0.15) is 6.61 Å². The molecule has 9 heteroatoms. The quantitative estimate of drug-likeness (QED) is 0.464. The van der Waals surface area contributed by atoms with E-state index >= 15 is 0 Å². The number of ether oxygens (including phenoxy) is 3. The Kier molecular flexibility index (Phi) is 3.58. The van der Waals surface area contributed by atoms with Gasteiger partial charge in [0.25, 0.3) is 5.56 Å². The molecule has 3 aliphatic heterocycles. The lowest BCUT2D eigenvalue weighted by molar-refractivity contribution is -0.172. The summed E-state index contributed by atoms with van der Waals surface area (Å²) in [6, 6.07) is 5.19. The molecule has 5 heterocycles. The zero-order valence-electron chi connectivity index (χ0n) is 16.6. The van der Waals surface area contributed by atoms with Crippen molar-refractivity contribution in [2.45, 2.75) is 38.7 Å². The van der Waals surface area contributed by atoms with E-state index in [1.54, 1.807) is 29.7 Å². The fourth-order valence-electron chi connectivity index (χ4n) is 4.73. The van der Waals surface area contributed by atoms with E-state index < -0.39 is 11.6 Å². The van der Waals surface area contributed by atoms with E-state index in [1.165, 1.54) is 0 Å². The Morgan fingerprint density at radius 2 is 1.90 bits per heavy atom. The Labute approximate surface area is 175 Å². The molecule has 9 nitrogen and oxygen atoms in total. The SMILES string of the molecule is CCC1(O)C(=O)OCc2c1cc1n(c2=O)Cc2c-1nc1cc3c(cc1c2CO)OCO3. The average molecular weight is 422 g/mol. The van der Waals surface area contributed by atoms with Gasteiger partial charge in [-0.25, -0.2) is 9.78 Å². The highest BCUT2D eigenvalue weighted by molar-refractivity contribution is 5.91. The number of hydrogen-bond acceptors (Lipinski definition) is 8. The zero-order valence-corrected chi connectivity index (χ0v) is 16.6. The number of aliphatic hydroxyl groups excluding tert-OH is 1. The van der Waals surface area contributed by atoms with Crippen LogP contribution in [0.3, 0.4) is 0 Å². The molecule has 0 aliphatic carbocycles. The second-order valence-corrected chi connectivity index (χ2v) is 7.90. The number of esters is 1. The normalized spacial score (nSPS) is 20.4. The van der Waals surface area contributed by atoms with E-state index in [1.807, 2.05) is 0 Å². The molecule has 0 fully saturated rings. The lowest BCUT2D eigenvalue weighted by Crippen LogP contribution is -2.44. The van der Waals surface area contributed by atoms with Crippen LogP contribution in [-0.4, -0.2) is 32.5 Å². The second kappa shape index (κ2) is 6.05. The predicted octanol–water partition coefficient (Wildman–Crippen LogP) is 1.30. The molecule has 0 radical (unpaired) electrons. The average Bonchev–Trinajstić information content (AvgIpc) is 3.38. The van der Waals surface area contributed by atoms with Gasteiger partial charge in [-0.1, -0.05) is 6.92 Å². The van der Waals surface area contributed by atoms with Crippen molar-refractivity contribution in [1.82, 2.24) is 9.55 Å². The van der Waals surface area contributed by atoms with Crippen molar-refractivity contribution in [2.75, 3.05) is 6.79 Å². The van der Waals surface area contributed by atoms with E-state index in [9.17, 15) is 19.8 Å². The van der Waals surface area contributed by atoms with E-state index in [2.05, 4.69) is 0 Å². The molecular weight excluding hydrogens is 404 g/mol. The minimum Gasteiger partial charge on any atom is -0.458 e. The van der Waals surface area contributed by atoms with Crippen molar-refractivity contribution in [2.24, 2.45) is 0 Å². The standard InChI is InChI=1S/C22H18N2O7/c1-2-22(28)14-4-16-19-11(6-24(16)20(26)13(14)8-29-21(22)27)12(7-25)10-3-17-18(31-9-30-17)5-15(10)23-19/h3-5,25,28H,2,6-9H2,1H3. The van der Waals surface area contributed by atoms with Crippen LogP contribution in [0.1, 0.15) is 35.6 Å². The molecule has 1 atom stereocenters. The van der Waals surface area contributed by atoms with Crippen LogP contribution >= 0.6 is 0 Å². The topological polar surface area (TPSA) is 120 Å². The summed E-state index contributed by atoms with van der Waals surface area (Å²) in [5.41, 5.74) is 1.29. The van der Waals surface area contributed by atoms with Crippen molar-refractivity contribution < 1.29 is 29.2 Å². The first-order chi connectivity index (χ1) is 15.0. The number of nitrogens with zero attached hydrogens (tertiary/aromatic N) is 2. The summed E-state index contributed by atoms with van der Waals surface area (Å²) in [5.74, 6) is 0.379. The second-order valence-electron chi connectivity index (χ2n) is 7.90. The number of pyridine rings is 2. The summed E-state index contributed by atoms with van der Waals surface area (Å²) in [7, 11) is 0. The summed E-state index contributed by atoms with van der Waals surface area (Å²) in [6.45, 7) is 1.57. The van der Waals surface area contributed by atoms with Crippen LogP contribution in [0.2, 0.25) is 0 Å². The molecule has 158 valence electrons. The van der Waals surface area contributed by atoms with Crippen LogP contribution in [0.15, 0.2) is 23.0 Å². The van der Waals surface area contributed by atoms with E-state index in [0.717, 1.165) is 10.9 Å². The zero-order chi connectivity index (χ0) is 21.5. The molecular formula is C22H18N2O7. The number of carbonyl (C=O) groups is 1. The molecule has 0 spiro atoms. The summed E-state index contributed by atoms with van der Waals surface area (Å²) < 4.78 is 17.6. The molecule has 3 aromatic rings. The van der Waals surface area contributed by atoms with Gasteiger partial charge in [-0.05, 0) is 24.1 Å².